The van der Waals surface area contributed by atoms with E-state index in [1.54, 1.807) is 0 Å². The Bertz CT molecular complexity index is 749. The number of aromatic nitrogens is 2. The molecule has 1 aromatic carbocycles. The molecule has 1 unspecified atom stereocenters. The van der Waals surface area contributed by atoms with Gasteiger partial charge in [-0.15, -0.1) is 0 Å². The molecule has 6 nitrogen and oxygen atoms in total. The van der Waals surface area contributed by atoms with E-state index in [9.17, 15) is 0 Å². The average Bonchev–Trinajstić information content (AvgIpc) is 3.02. The van der Waals surface area contributed by atoms with Crippen LogP contribution >= 0.6 is 11.6 Å². The molecule has 2 aliphatic heterocycles. The smallest absolute Gasteiger partial charge is 0.222 e. The van der Waals surface area contributed by atoms with Gasteiger partial charge in [-0.2, -0.15) is 4.98 Å². The summed E-state index contributed by atoms with van der Waals surface area (Å²) in [6, 6.07) is 7.71. The molecule has 1 atom stereocenters. The van der Waals surface area contributed by atoms with Crippen molar-refractivity contribution < 1.29 is 9.47 Å². The number of nitrogen functional groups attached to an aromatic ring is 1. The third kappa shape index (κ3) is 3.12. The van der Waals surface area contributed by atoms with Crippen LogP contribution in [0, 0.1) is 0 Å². The first kappa shape index (κ1) is 15.5. The molecule has 0 saturated carbocycles. The molecular weight excluding hydrogens is 328 g/mol. The van der Waals surface area contributed by atoms with E-state index < -0.39 is 0 Å². The number of nitrogens with zero attached hydrogens (tertiary/aromatic N) is 3. The maximum Gasteiger partial charge on any atom is 0.222 e. The van der Waals surface area contributed by atoms with Crippen LogP contribution in [0.1, 0.15) is 23.6 Å². The van der Waals surface area contributed by atoms with Crippen LogP contribution in [0.15, 0.2) is 24.3 Å². The number of halogens is 1. The molecule has 2 N–H and O–H groups in total. The topological polar surface area (TPSA) is 73.5 Å². The van der Waals surface area contributed by atoms with Crippen LogP contribution in [0.3, 0.4) is 0 Å². The van der Waals surface area contributed by atoms with Crippen molar-refractivity contribution in [1.82, 2.24) is 9.97 Å². The molecule has 0 amide bonds. The summed E-state index contributed by atoms with van der Waals surface area (Å²) < 4.78 is 11.3. The first-order valence-electron chi connectivity index (χ1n) is 8.07. The van der Waals surface area contributed by atoms with Crippen molar-refractivity contribution in [3.05, 3.63) is 40.5 Å². The fourth-order valence-corrected chi connectivity index (χ4v) is 3.36. The molecule has 2 aliphatic rings. The van der Waals surface area contributed by atoms with E-state index in [0.717, 1.165) is 42.4 Å². The molecule has 1 fully saturated rings. The van der Waals surface area contributed by atoms with Gasteiger partial charge in [0.15, 0.2) is 0 Å². The second-order valence-electron chi connectivity index (χ2n) is 6.09. The SMILES string of the molecule is Nc1nc(C2CCOC2)cc(N2CCOc3ccc(Cl)cc3C2)n1. The van der Waals surface area contributed by atoms with E-state index in [0.29, 0.717) is 36.6 Å². The number of benzene rings is 1. The van der Waals surface area contributed by atoms with Gasteiger partial charge in [-0.05, 0) is 24.6 Å². The minimum Gasteiger partial charge on any atom is -0.491 e. The fraction of sp³-hybridized carbons (Fsp3) is 0.412. The van der Waals surface area contributed by atoms with Crippen LogP contribution in [0.4, 0.5) is 11.8 Å². The predicted octanol–water partition coefficient (Wildman–Crippen LogP) is 2.62. The minimum atomic E-state index is 0.291. The summed E-state index contributed by atoms with van der Waals surface area (Å²) in [7, 11) is 0. The summed E-state index contributed by atoms with van der Waals surface area (Å²) in [5.74, 6) is 2.28. The highest BCUT2D eigenvalue weighted by molar-refractivity contribution is 6.30. The normalized spacial score (nSPS) is 20.4. The lowest BCUT2D eigenvalue weighted by molar-refractivity contribution is 0.193. The Balaban J connectivity index is 1.65. The monoisotopic (exact) mass is 346 g/mol. The van der Waals surface area contributed by atoms with E-state index in [1.807, 2.05) is 24.3 Å². The molecular formula is C17H19ClN4O2. The summed E-state index contributed by atoms with van der Waals surface area (Å²) in [4.78, 5) is 11.0. The molecule has 0 spiro atoms. The second kappa shape index (κ2) is 6.45. The number of ether oxygens (including phenoxy) is 2. The van der Waals surface area contributed by atoms with E-state index in [2.05, 4.69) is 14.9 Å². The zero-order chi connectivity index (χ0) is 16.5. The average molecular weight is 347 g/mol. The molecule has 126 valence electrons. The van der Waals surface area contributed by atoms with Gasteiger partial charge in [0.1, 0.15) is 18.2 Å². The number of hydrogen-bond donors (Lipinski definition) is 1. The van der Waals surface area contributed by atoms with Gasteiger partial charge >= 0.3 is 0 Å². The molecule has 0 bridgehead atoms. The first-order chi connectivity index (χ1) is 11.7. The Morgan fingerprint density at radius 1 is 1.21 bits per heavy atom. The predicted molar refractivity (Wildman–Crippen MR) is 92.6 cm³/mol. The molecule has 3 heterocycles. The summed E-state index contributed by atoms with van der Waals surface area (Å²) in [5, 5.41) is 0.699. The van der Waals surface area contributed by atoms with Gasteiger partial charge in [-0.25, -0.2) is 4.98 Å². The largest absolute Gasteiger partial charge is 0.491 e. The Hall–Kier alpha value is -2.05. The highest BCUT2D eigenvalue weighted by Crippen LogP contribution is 2.30. The zero-order valence-corrected chi connectivity index (χ0v) is 14.0. The molecule has 0 radical (unpaired) electrons. The van der Waals surface area contributed by atoms with Gasteiger partial charge in [0.05, 0.1) is 18.8 Å². The van der Waals surface area contributed by atoms with Crippen LogP contribution in [0.5, 0.6) is 5.75 Å². The van der Waals surface area contributed by atoms with E-state index in [1.165, 1.54) is 0 Å². The number of nitrogens with two attached hydrogens (primary N) is 1. The van der Waals surface area contributed by atoms with Crippen molar-refractivity contribution >= 4 is 23.4 Å². The van der Waals surface area contributed by atoms with Crippen LogP contribution in [0.2, 0.25) is 5.02 Å². The zero-order valence-electron chi connectivity index (χ0n) is 13.2. The molecule has 7 heteroatoms. The van der Waals surface area contributed by atoms with Gasteiger partial charge in [-0.3, -0.25) is 0 Å². The van der Waals surface area contributed by atoms with Crippen molar-refractivity contribution in [2.24, 2.45) is 0 Å². The van der Waals surface area contributed by atoms with Gasteiger partial charge in [0, 0.05) is 35.7 Å². The lowest BCUT2D eigenvalue weighted by Gasteiger charge is -2.22. The number of rotatable bonds is 2. The maximum absolute atomic E-state index is 6.13. The van der Waals surface area contributed by atoms with Gasteiger partial charge < -0.3 is 20.1 Å². The molecule has 1 saturated heterocycles. The highest BCUT2D eigenvalue weighted by atomic mass is 35.5. The van der Waals surface area contributed by atoms with Gasteiger partial charge in [-0.1, -0.05) is 11.6 Å². The van der Waals surface area contributed by atoms with Crippen LogP contribution < -0.4 is 15.4 Å². The van der Waals surface area contributed by atoms with Crippen molar-refractivity contribution in [2.45, 2.75) is 18.9 Å². The van der Waals surface area contributed by atoms with Crippen molar-refractivity contribution in [2.75, 3.05) is 37.0 Å². The molecule has 24 heavy (non-hydrogen) atoms. The third-order valence-corrected chi connectivity index (χ3v) is 4.66. The maximum atomic E-state index is 6.13. The highest BCUT2D eigenvalue weighted by Gasteiger charge is 2.23. The van der Waals surface area contributed by atoms with Crippen molar-refractivity contribution in [3.63, 3.8) is 0 Å². The third-order valence-electron chi connectivity index (χ3n) is 4.42. The lowest BCUT2D eigenvalue weighted by atomic mass is 10.0. The molecule has 0 aliphatic carbocycles. The van der Waals surface area contributed by atoms with Crippen LogP contribution in [-0.4, -0.2) is 36.3 Å². The summed E-state index contributed by atoms with van der Waals surface area (Å²) in [5.41, 5.74) is 7.94. The molecule has 2 aromatic rings. The summed E-state index contributed by atoms with van der Waals surface area (Å²) in [6.45, 7) is 3.45. The minimum absolute atomic E-state index is 0.291. The Kier molecular flexibility index (Phi) is 4.16. The second-order valence-corrected chi connectivity index (χ2v) is 6.53. The fourth-order valence-electron chi connectivity index (χ4n) is 3.17. The number of anilines is 2. The number of fused-ring (bicyclic) bond motifs is 1. The Morgan fingerprint density at radius 2 is 2.12 bits per heavy atom. The van der Waals surface area contributed by atoms with Crippen LogP contribution in [-0.2, 0) is 11.3 Å². The Labute approximate surface area is 145 Å². The van der Waals surface area contributed by atoms with Gasteiger partial charge in [0.25, 0.3) is 0 Å². The quantitative estimate of drug-likeness (QED) is 0.901. The molecule has 4 rings (SSSR count). The van der Waals surface area contributed by atoms with Gasteiger partial charge in [0.2, 0.25) is 5.95 Å². The lowest BCUT2D eigenvalue weighted by Crippen LogP contribution is -2.27. The Morgan fingerprint density at radius 3 is 2.96 bits per heavy atom. The standard InChI is InChI=1S/C17H19ClN4O2/c18-13-1-2-15-12(7-13)9-22(4-6-24-15)16-8-14(20-17(19)21-16)11-3-5-23-10-11/h1-2,7-8,11H,3-6,9-10H2,(H2,19,20,21). The molecule has 1 aromatic heterocycles. The van der Waals surface area contributed by atoms with E-state index >= 15 is 0 Å². The summed E-state index contributed by atoms with van der Waals surface area (Å²) in [6.07, 6.45) is 0.970. The first-order valence-corrected chi connectivity index (χ1v) is 8.45. The van der Waals surface area contributed by atoms with Crippen molar-refractivity contribution in [1.29, 1.82) is 0 Å². The van der Waals surface area contributed by atoms with Crippen molar-refractivity contribution in [3.8, 4) is 5.75 Å². The number of hydrogen-bond acceptors (Lipinski definition) is 6. The van der Waals surface area contributed by atoms with E-state index in [4.69, 9.17) is 26.8 Å². The van der Waals surface area contributed by atoms with Crippen LogP contribution in [0.25, 0.3) is 0 Å². The van der Waals surface area contributed by atoms with E-state index in [-0.39, 0.29) is 0 Å². The summed E-state index contributed by atoms with van der Waals surface area (Å²) >= 11 is 6.13.